The van der Waals surface area contributed by atoms with Gasteiger partial charge in [-0.3, -0.25) is 9.69 Å². The third kappa shape index (κ3) is 4.93. The number of hydrogen-bond acceptors (Lipinski definition) is 5. The molecule has 2 aromatic heterocycles. The average molecular weight is 505 g/mol. The van der Waals surface area contributed by atoms with Gasteiger partial charge in [0.05, 0.1) is 12.7 Å². The summed E-state index contributed by atoms with van der Waals surface area (Å²) in [6, 6.07) is 6.36. The fraction of sp³-hybridized carbons (Fsp3) is 0.300. The van der Waals surface area contributed by atoms with E-state index in [1.807, 2.05) is 0 Å². The number of hydrogen-bond donors (Lipinski definition) is 0. The number of benzene rings is 1. The van der Waals surface area contributed by atoms with Gasteiger partial charge < -0.3 is 9.47 Å². The summed E-state index contributed by atoms with van der Waals surface area (Å²) in [5.41, 5.74) is -0.0786. The van der Waals surface area contributed by atoms with Crippen LogP contribution in [0.1, 0.15) is 11.3 Å². The maximum absolute atomic E-state index is 13.0. The van der Waals surface area contributed by atoms with Crippen LogP contribution in [0.4, 0.5) is 37.8 Å². The summed E-state index contributed by atoms with van der Waals surface area (Å²) in [4.78, 5) is 25.8. The molecule has 1 aliphatic rings. The van der Waals surface area contributed by atoms with Crippen LogP contribution < -0.4 is 9.80 Å². The van der Waals surface area contributed by atoms with Gasteiger partial charge in [-0.05, 0) is 17.2 Å². The van der Waals surface area contributed by atoms with Crippen molar-refractivity contribution in [3.63, 3.8) is 0 Å². The van der Waals surface area contributed by atoms with Crippen molar-refractivity contribution in [2.75, 3.05) is 22.9 Å². The quantitative estimate of drug-likeness (QED) is 0.387. The van der Waals surface area contributed by atoms with E-state index in [-0.39, 0.29) is 35.7 Å². The van der Waals surface area contributed by atoms with Gasteiger partial charge in [0.15, 0.2) is 11.5 Å². The Bertz CT molecular complexity index is 1220. The zero-order valence-electron chi connectivity index (χ0n) is 17.3. The fourth-order valence-corrected chi connectivity index (χ4v) is 3.69. The molecule has 0 bridgehead atoms. The summed E-state index contributed by atoms with van der Waals surface area (Å²) in [6.45, 7) is -1.79. The Labute approximate surface area is 193 Å². The van der Waals surface area contributed by atoms with Crippen LogP contribution in [0.15, 0.2) is 36.7 Å². The van der Waals surface area contributed by atoms with E-state index in [0.717, 1.165) is 12.4 Å². The number of halogens is 7. The van der Waals surface area contributed by atoms with Crippen molar-refractivity contribution in [2.45, 2.75) is 18.9 Å². The lowest BCUT2D eigenvalue weighted by Crippen LogP contribution is -2.49. The molecule has 0 saturated carbocycles. The normalized spacial score (nSPS) is 14.5. The van der Waals surface area contributed by atoms with Gasteiger partial charge >= 0.3 is 12.4 Å². The molecule has 4 rings (SSSR count). The smallest absolute Gasteiger partial charge is 0.341 e. The Morgan fingerprint density at radius 2 is 1.74 bits per heavy atom. The number of fused-ring (bicyclic) bond motifs is 1. The highest BCUT2D eigenvalue weighted by Crippen LogP contribution is 2.35. The largest absolute Gasteiger partial charge is 0.434 e. The molecule has 0 radical (unpaired) electrons. The van der Waals surface area contributed by atoms with Crippen molar-refractivity contribution in [1.82, 2.24) is 19.5 Å². The van der Waals surface area contributed by atoms with Crippen LogP contribution >= 0.6 is 11.6 Å². The molecule has 1 aromatic carbocycles. The molecule has 0 N–H and O–H groups in total. The Balaban J connectivity index is 1.59. The van der Waals surface area contributed by atoms with Crippen LogP contribution in [0, 0.1) is 0 Å². The fourth-order valence-electron chi connectivity index (χ4n) is 3.56. The molecule has 0 aliphatic carbocycles. The molecule has 0 atom stereocenters. The summed E-state index contributed by atoms with van der Waals surface area (Å²) in [5, 5.41) is -0.198. The second-order valence-electron chi connectivity index (χ2n) is 7.55. The molecular weight excluding hydrogens is 490 g/mol. The minimum Gasteiger partial charge on any atom is -0.341 e. The number of aromatic nitrogens is 4. The number of rotatable bonds is 4. The topological polar surface area (TPSA) is 67.2 Å². The van der Waals surface area contributed by atoms with E-state index in [1.54, 1.807) is 24.3 Å². The van der Waals surface area contributed by atoms with Gasteiger partial charge in [-0.25, -0.2) is 9.97 Å². The Kier molecular flexibility index (Phi) is 5.92. The molecule has 1 amide bonds. The van der Waals surface area contributed by atoms with Gasteiger partial charge in [0.2, 0.25) is 11.2 Å². The van der Waals surface area contributed by atoms with Gasteiger partial charge in [0.1, 0.15) is 18.1 Å². The van der Waals surface area contributed by atoms with Crippen molar-refractivity contribution >= 4 is 29.0 Å². The number of alkyl halides is 6. The number of amides is 1. The summed E-state index contributed by atoms with van der Waals surface area (Å²) >= 11 is 5.84. The molecule has 0 unspecified atom stereocenters. The summed E-state index contributed by atoms with van der Waals surface area (Å²) in [7, 11) is 1.44. The molecular formula is C20H15ClF6N6O. The van der Waals surface area contributed by atoms with E-state index in [4.69, 9.17) is 11.6 Å². The maximum Gasteiger partial charge on any atom is 0.434 e. The van der Waals surface area contributed by atoms with E-state index < -0.39 is 30.5 Å². The summed E-state index contributed by atoms with van der Waals surface area (Å²) in [6.07, 6.45) is -7.26. The zero-order chi connectivity index (χ0) is 24.8. The maximum atomic E-state index is 13.0. The van der Waals surface area contributed by atoms with Crippen molar-refractivity contribution in [3.05, 3.63) is 53.2 Å². The monoisotopic (exact) mass is 504 g/mol. The third-order valence-electron chi connectivity index (χ3n) is 5.03. The van der Waals surface area contributed by atoms with E-state index in [9.17, 15) is 31.1 Å². The van der Waals surface area contributed by atoms with Crippen molar-refractivity contribution in [2.24, 2.45) is 7.05 Å². The predicted octanol–water partition coefficient (Wildman–Crippen LogP) is 4.46. The van der Waals surface area contributed by atoms with Gasteiger partial charge in [0, 0.05) is 25.4 Å². The molecule has 7 nitrogen and oxygen atoms in total. The number of carbonyl (C=O) groups excluding carboxylic acids is 1. The molecule has 0 spiro atoms. The van der Waals surface area contributed by atoms with Crippen LogP contribution in [0.25, 0.3) is 11.4 Å². The molecule has 0 saturated heterocycles. The average Bonchev–Trinajstić information content (AvgIpc) is 3.13. The number of aryl methyl sites for hydroxylation is 1. The van der Waals surface area contributed by atoms with Gasteiger partial charge in [-0.2, -0.15) is 31.3 Å². The molecule has 0 fully saturated rings. The van der Waals surface area contributed by atoms with Crippen LogP contribution in [0.2, 0.25) is 5.28 Å². The zero-order valence-corrected chi connectivity index (χ0v) is 18.1. The van der Waals surface area contributed by atoms with E-state index >= 15 is 0 Å². The van der Waals surface area contributed by atoms with Crippen LogP contribution in [-0.4, -0.2) is 44.7 Å². The predicted molar refractivity (Wildman–Crippen MR) is 110 cm³/mol. The Morgan fingerprint density at radius 1 is 1.06 bits per heavy atom. The van der Waals surface area contributed by atoms with Gasteiger partial charge in [0.25, 0.3) is 0 Å². The first-order chi connectivity index (χ1) is 15.8. The van der Waals surface area contributed by atoms with E-state index in [2.05, 4.69) is 15.0 Å². The lowest BCUT2D eigenvalue weighted by molar-refractivity contribution is -0.140. The second kappa shape index (κ2) is 8.46. The Hall–Kier alpha value is -3.35. The SMILES string of the molecule is Cn1cc(C(F)(F)F)nc1-c1ccc(CN2CC(=O)N(CC(F)(F)F)c3cnc(Cl)nc32)cc1. The number of anilines is 2. The number of nitrogens with zero attached hydrogens (tertiary/aromatic N) is 6. The van der Waals surface area contributed by atoms with E-state index in [0.29, 0.717) is 16.0 Å². The third-order valence-corrected chi connectivity index (χ3v) is 5.21. The van der Waals surface area contributed by atoms with Crippen molar-refractivity contribution in [1.29, 1.82) is 0 Å². The number of carbonyl (C=O) groups is 1. The molecule has 180 valence electrons. The number of imidazole rings is 1. The van der Waals surface area contributed by atoms with Gasteiger partial charge in [-0.1, -0.05) is 24.3 Å². The first kappa shape index (κ1) is 23.8. The van der Waals surface area contributed by atoms with Crippen molar-refractivity contribution < 1.29 is 31.1 Å². The minimum absolute atomic E-state index is 0.0619. The minimum atomic E-state index is -4.62. The molecule has 1 aliphatic heterocycles. The van der Waals surface area contributed by atoms with Crippen LogP contribution in [0.3, 0.4) is 0 Å². The second-order valence-corrected chi connectivity index (χ2v) is 7.89. The standard InChI is InChI=1S/C20H15ClF6N6O/c1-31-8-14(20(25,26)27)29-16(31)12-4-2-11(3-5-12)7-32-9-15(34)33(10-19(22,23)24)13-6-28-18(21)30-17(13)32/h2-6,8H,7,9-10H2,1H3. The van der Waals surface area contributed by atoms with Crippen LogP contribution in [-0.2, 0) is 24.6 Å². The highest BCUT2D eigenvalue weighted by atomic mass is 35.5. The molecule has 3 aromatic rings. The molecule has 14 heteroatoms. The van der Waals surface area contributed by atoms with E-state index in [1.165, 1.54) is 16.5 Å². The Morgan fingerprint density at radius 3 is 2.32 bits per heavy atom. The first-order valence-electron chi connectivity index (χ1n) is 9.66. The summed E-state index contributed by atoms with van der Waals surface area (Å²) < 4.78 is 78.9. The lowest BCUT2D eigenvalue weighted by atomic mass is 10.1. The molecule has 3 heterocycles. The molecule has 34 heavy (non-hydrogen) atoms. The van der Waals surface area contributed by atoms with Crippen LogP contribution in [0.5, 0.6) is 0 Å². The first-order valence-corrected chi connectivity index (χ1v) is 10.0. The highest BCUT2D eigenvalue weighted by molar-refractivity contribution is 6.28. The summed E-state index contributed by atoms with van der Waals surface area (Å²) in [5.74, 6) is -0.619. The van der Waals surface area contributed by atoms with Crippen molar-refractivity contribution in [3.8, 4) is 11.4 Å². The highest BCUT2D eigenvalue weighted by Gasteiger charge is 2.39. The lowest BCUT2D eigenvalue weighted by Gasteiger charge is -2.36. The van der Waals surface area contributed by atoms with Gasteiger partial charge in [-0.15, -0.1) is 0 Å².